The maximum Gasteiger partial charge on any atom is 0.0782 e. The highest BCUT2D eigenvalue weighted by Gasteiger charge is 2.99. The molecule has 0 bridgehead atoms. The fourth-order valence-corrected chi connectivity index (χ4v) is 10.2. The molecule has 0 heterocycles. The molecule has 0 aromatic carbocycles. The first-order valence-corrected chi connectivity index (χ1v) is 9.98. The van der Waals surface area contributed by atoms with Gasteiger partial charge in [0.2, 0.25) is 0 Å². The highest BCUT2D eigenvalue weighted by atomic mass is 15.3. The Morgan fingerprint density at radius 3 is 1.82 bits per heavy atom. The fraction of sp³-hybridized carbons (Fsp3) is 1.00. The van der Waals surface area contributed by atoms with Crippen molar-refractivity contribution in [1.82, 2.24) is 0 Å². The molecule has 1 nitrogen and oxygen atoms in total. The molecule has 0 aromatic rings. The van der Waals surface area contributed by atoms with Crippen molar-refractivity contribution in [3.8, 4) is 0 Å². The molecule has 22 heavy (non-hydrogen) atoms. The summed E-state index contributed by atoms with van der Waals surface area (Å²) in [7, 11) is 4.86. The van der Waals surface area contributed by atoms with E-state index in [2.05, 4.69) is 41.8 Å². The topological polar surface area (TPSA) is 0 Å². The Labute approximate surface area is 138 Å². The highest BCUT2D eigenvalue weighted by molar-refractivity contribution is 5.47. The van der Waals surface area contributed by atoms with Gasteiger partial charge in [-0.25, -0.2) is 0 Å². The van der Waals surface area contributed by atoms with Gasteiger partial charge in [-0.2, -0.15) is 0 Å². The fourth-order valence-electron chi connectivity index (χ4n) is 10.2. The first-order valence-electron chi connectivity index (χ1n) is 9.98. The summed E-state index contributed by atoms with van der Waals surface area (Å²) < 4.78 is 1.23. The third-order valence-electron chi connectivity index (χ3n) is 9.24. The van der Waals surface area contributed by atoms with Gasteiger partial charge in [-0.3, -0.25) is 0 Å². The second-order valence-electron chi connectivity index (χ2n) is 11.0. The minimum absolute atomic E-state index is 0.738. The molecular weight excluding hydrogens is 266 g/mol. The first kappa shape index (κ1) is 15.5. The van der Waals surface area contributed by atoms with Crippen LogP contribution in [-0.2, 0) is 0 Å². The van der Waals surface area contributed by atoms with Crippen molar-refractivity contribution in [2.45, 2.75) is 79.1 Å². The molecule has 126 valence electrons. The summed E-state index contributed by atoms with van der Waals surface area (Å²) in [5.41, 5.74) is 3.82. The van der Waals surface area contributed by atoms with Crippen molar-refractivity contribution in [2.24, 2.45) is 27.1 Å². The quantitative estimate of drug-likeness (QED) is 0.564. The SMILES string of the molecule is CCC[N+](C)(C)CCCC12CC3(C)CC4(CC)CC(C)(C1)C342. The zero-order valence-electron chi connectivity index (χ0n) is 16.0. The molecule has 4 saturated carbocycles. The van der Waals surface area contributed by atoms with Gasteiger partial charge in [0.1, 0.15) is 0 Å². The lowest BCUT2D eigenvalue weighted by molar-refractivity contribution is -0.890. The van der Waals surface area contributed by atoms with Gasteiger partial charge in [0.15, 0.2) is 0 Å². The summed E-state index contributed by atoms with van der Waals surface area (Å²) in [6.07, 6.45) is 12.0. The van der Waals surface area contributed by atoms with E-state index in [4.69, 9.17) is 0 Å². The van der Waals surface area contributed by atoms with E-state index in [-0.39, 0.29) is 0 Å². The Bertz CT molecular complexity index is 482. The summed E-state index contributed by atoms with van der Waals surface area (Å²) in [5, 5.41) is 0. The normalized spacial score (nSPS) is 54.3. The van der Waals surface area contributed by atoms with E-state index >= 15 is 0 Å². The maximum absolute atomic E-state index is 2.65. The van der Waals surface area contributed by atoms with Crippen LogP contribution in [0, 0.1) is 27.1 Å². The molecule has 0 radical (unpaired) electrons. The van der Waals surface area contributed by atoms with Crippen LogP contribution in [0.5, 0.6) is 0 Å². The van der Waals surface area contributed by atoms with Crippen molar-refractivity contribution >= 4 is 0 Å². The summed E-state index contributed by atoms with van der Waals surface area (Å²) >= 11 is 0. The molecule has 2 unspecified atom stereocenters. The average molecular weight is 305 g/mol. The van der Waals surface area contributed by atoms with Crippen LogP contribution in [0.2, 0.25) is 0 Å². The van der Waals surface area contributed by atoms with E-state index in [1.807, 2.05) is 0 Å². The predicted molar refractivity (Wildman–Crippen MR) is 93.6 cm³/mol. The minimum Gasteiger partial charge on any atom is -0.328 e. The zero-order chi connectivity index (χ0) is 16.1. The molecule has 2 atom stereocenters. The third kappa shape index (κ3) is 1.28. The van der Waals surface area contributed by atoms with Gasteiger partial charge in [0.25, 0.3) is 0 Å². The van der Waals surface area contributed by atoms with Gasteiger partial charge in [0, 0.05) is 0 Å². The number of nitrogens with zero attached hydrogens (tertiary/aromatic N) is 1. The van der Waals surface area contributed by atoms with Gasteiger partial charge in [0.05, 0.1) is 27.2 Å². The first-order chi connectivity index (χ1) is 10.2. The second-order valence-corrected chi connectivity index (χ2v) is 11.0. The van der Waals surface area contributed by atoms with Crippen LogP contribution in [0.4, 0.5) is 0 Å². The van der Waals surface area contributed by atoms with Gasteiger partial charge in [-0.05, 0) is 78.4 Å². The van der Waals surface area contributed by atoms with Crippen molar-refractivity contribution in [2.75, 3.05) is 27.2 Å². The molecule has 1 spiro atoms. The van der Waals surface area contributed by atoms with Crippen LogP contribution in [0.15, 0.2) is 0 Å². The number of hydrogen-bond donors (Lipinski definition) is 0. The Kier molecular flexibility index (Phi) is 2.78. The van der Waals surface area contributed by atoms with Crippen molar-refractivity contribution in [3.63, 3.8) is 0 Å². The monoisotopic (exact) mass is 304 g/mol. The highest BCUT2D eigenvalue weighted by Crippen LogP contribution is 3.06. The standard InChI is InChI=1S/C21H38N/c1-7-11-22(5,6)12-9-10-20-15-17(3)13-19(8-2)14-18(4,16-20)21(17,19)20/h7-16H2,1-6H3/q+1. The van der Waals surface area contributed by atoms with Crippen LogP contribution >= 0.6 is 0 Å². The third-order valence-corrected chi connectivity index (χ3v) is 9.24. The predicted octanol–water partition coefficient (Wildman–Crippen LogP) is 5.25. The van der Waals surface area contributed by atoms with Crippen LogP contribution in [0.3, 0.4) is 0 Å². The van der Waals surface area contributed by atoms with Crippen LogP contribution < -0.4 is 0 Å². The molecule has 4 aliphatic carbocycles. The number of rotatable bonds is 7. The van der Waals surface area contributed by atoms with Gasteiger partial charge in [-0.1, -0.05) is 27.7 Å². The molecule has 0 aromatic heterocycles. The van der Waals surface area contributed by atoms with E-state index in [9.17, 15) is 0 Å². The number of hydrogen-bond acceptors (Lipinski definition) is 0. The van der Waals surface area contributed by atoms with E-state index in [0.29, 0.717) is 0 Å². The average Bonchev–Trinajstić information content (AvgIpc) is 2.33. The van der Waals surface area contributed by atoms with Gasteiger partial charge < -0.3 is 4.48 Å². The lowest BCUT2D eigenvalue weighted by Gasteiger charge is -3.03. The van der Waals surface area contributed by atoms with E-state index < -0.39 is 0 Å². The Hall–Kier alpha value is -0.0400. The molecule has 1 heteroatoms. The van der Waals surface area contributed by atoms with E-state index in [1.165, 1.54) is 43.3 Å². The molecule has 0 N–H and O–H groups in total. The van der Waals surface area contributed by atoms with Crippen LogP contribution in [-0.4, -0.2) is 31.7 Å². The lowest BCUT2D eigenvalue weighted by Crippen LogP contribution is -2.97. The van der Waals surface area contributed by atoms with E-state index in [0.717, 1.165) is 27.1 Å². The smallest absolute Gasteiger partial charge is 0.0782 e. The Balaban J connectivity index is 1.46. The van der Waals surface area contributed by atoms with E-state index in [1.54, 1.807) is 25.7 Å². The molecule has 4 fully saturated rings. The summed E-state index contributed by atoms with van der Waals surface area (Å²) in [6.45, 7) is 12.8. The molecular formula is C21H38N+. The molecule has 0 amide bonds. The van der Waals surface area contributed by atoms with Crippen molar-refractivity contribution in [3.05, 3.63) is 0 Å². The van der Waals surface area contributed by atoms with Gasteiger partial charge >= 0.3 is 0 Å². The number of quaternary nitrogens is 1. The summed E-state index contributed by atoms with van der Waals surface area (Å²) in [5.74, 6) is 0. The molecule has 0 aliphatic heterocycles. The van der Waals surface area contributed by atoms with Crippen LogP contribution in [0.1, 0.15) is 79.1 Å². The van der Waals surface area contributed by atoms with Crippen molar-refractivity contribution < 1.29 is 4.48 Å². The summed E-state index contributed by atoms with van der Waals surface area (Å²) in [6, 6.07) is 0. The van der Waals surface area contributed by atoms with Crippen LogP contribution in [0.25, 0.3) is 0 Å². The summed E-state index contributed by atoms with van der Waals surface area (Å²) in [4.78, 5) is 0. The Morgan fingerprint density at radius 2 is 1.36 bits per heavy atom. The van der Waals surface area contributed by atoms with Crippen molar-refractivity contribution in [1.29, 1.82) is 0 Å². The minimum atomic E-state index is 0.738. The molecule has 0 saturated heterocycles. The maximum atomic E-state index is 2.65. The largest absolute Gasteiger partial charge is 0.328 e. The lowest BCUT2D eigenvalue weighted by atomic mass is 9.00. The second kappa shape index (κ2) is 3.95. The Morgan fingerprint density at radius 1 is 0.818 bits per heavy atom. The zero-order valence-corrected chi connectivity index (χ0v) is 16.0. The molecule has 4 aliphatic rings. The van der Waals surface area contributed by atoms with Gasteiger partial charge in [-0.15, -0.1) is 0 Å². The molecule has 4 rings (SSSR count).